The highest BCUT2D eigenvalue weighted by molar-refractivity contribution is 5.98. The van der Waals surface area contributed by atoms with E-state index in [9.17, 15) is 4.39 Å². The lowest BCUT2D eigenvalue weighted by atomic mass is 10.1. The molecule has 1 aromatic heterocycles. The van der Waals surface area contributed by atoms with Crippen LogP contribution in [-0.4, -0.2) is 44.1 Å². The van der Waals surface area contributed by atoms with E-state index in [2.05, 4.69) is 9.88 Å². The highest BCUT2D eigenvalue weighted by atomic mass is 19.1. The Morgan fingerprint density at radius 2 is 2.00 bits per heavy atom. The van der Waals surface area contributed by atoms with Gasteiger partial charge in [0.25, 0.3) is 0 Å². The van der Waals surface area contributed by atoms with Crippen molar-refractivity contribution < 1.29 is 4.39 Å². The van der Waals surface area contributed by atoms with Gasteiger partial charge in [-0.15, -0.1) is 0 Å². The number of nitrogens with zero attached hydrogens (tertiary/aromatic N) is 3. The van der Waals surface area contributed by atoms with Crippen molar-refractivity contribution in [3.05, 3.63) is 30.2 Å². The van der Waals surface area contributed by atoms with Crippen LogP contribution in [0.5, 0.6) is 0 Å². The molecule has 0 bridgehead atoms. The Hall–Kier alpha value is -1.88. The second kappa shape index (κ2) is 5.40. The number of pyridine rings is 1. The predicted molar refractivity (Wildman–Crippen MR) is 77.9 cm³/mol. The molecule has 2 N–H and O–H groups in total. The van der Waals surface area contributed by atoms with Crippen molar-refractivity contribution >= 4 is 22.3 Å². The fraction of sp³-hybridized carbons (Fsp3) is 0.357. The van der Waals surface area contributed by atoms with Crippen LogP contribution in [0.1, 0.15) is 0 Å². The minimum absolute atomic E-state index is 0.329. The molecule has 0 atom stereocenters. The summed E-state index contributed by atoms with van der Waals surface area (Å²) in [5.41, 5.74) is 7.38. The van der Waals surface area contributed by atoms with Crippen molar-refractivity contribution in [2.24, 2.45) is 0 Å². The largest absolute Gasteiger partial charge is 0.398 e. The summed E-state index contributed by atoms with van der Waals surface area (Å²) >= 11 is 0. The number of nitrogen functional groups attached to an aromatic ring is 1. The first-order valence-electron chi connectivity index (χ1n) is 6.19. The Balaban J connectivity index is 2.47. The van der Waals surface area contributed by atoms with Gasteiger partial charge in [0.2, 0.25) is 0 Å². The molecule has 19 heavy (non-hydrogen) atoms. The fourth-order valence-electron chi connectivity index (χ4n) is 2.05. The van der Waals surface area contributed by atoms with Gasteiger partial charge in [0.05, 0.1) is 11.2 Å². The van der Waals surface area contributed by atoms with Gasteiger partial charge in [0.15, 0.2) is 5.82 Å². The van der Waals surface area contributed by atoms with E-state index >= 15 is 0 Å². The van der Waals surface area contributed by atoms with Gasteiger partial charge < -0.3 is 15.5 Å². The zero-order chi connectivity index (χ0) is 14.0. The lowest BCUT2D eigenvalue weighted by Crippen LogP contribution is -2.29. The molecule has 0 radical (unpaired) electrons. The van der Waals surface area contributed by atoms with Gasteiger partial charge in [-0.25, -0.2) is 4.39 Å². The second-order valence-electron chi connectivity index (χ2n) is 4.92. The molecule has 2 rings (SSSR count). The zero-order valence-corrected chi connectivity index (χ0v) is 11.5. The molecule has 0 saturated heterocycles. The molecular weight excluding hydrogens is 243 g/mol. The zero-order valence-electron chi connectivity index (χ0n) is 11.5. The van der Waals surface area contributed by atoms with Gasteiger partial charge in [-0.3, -0.25) is 4.98 Å². The number of anilines is 2. The topological polar surface area (TPSA) is 45.4 Å². The standard InChI is InChI=1S/C14H19FN4/c1-18(2)7-8-19(3)14-11(15)9-12(16)10-5-4-6-17-13(10)14/h4-6,9H,7-8,16H2,1-3H3. The molecule has 1 heterocycles. The lowest BCUT2D eigenvalue weighted by Gasteiger charge is -2.23. The predicted octanol–water partition coefficient (Wildman–Crippen LogP) is 1.95. The van der Waals surface area contributed by atoms with Crippen LogP contribution >= 0.6 is 0 Å². The van der Waals surface area contributed by atoms with Crippen molar-refractivity contribution in [3.63, 3.8) is 0 Å². The summed E-state index contributed by atoms with van der Waals surface area (Å²) in [7, 11) is 5.85. The van der Waals surface area contributed by atoms with E-state index in [-0.39, 0.29) is 5.82 Å². The summed E-state index contributed by atoms with van der Waals surface area (Å²) in [6.07, 6.45) is 1.66. The number of nitrogens with two attached hydrogens (primary N) is 1. The summed E-state index contributed by atoms with van der Waals surface area (Å²) in [6.45, 7) is 1.56. The first-order valence-corrected chi connectivity index (χ1v) is 6.19. The van der Waals surface area contributed by atoms with Crippen LogP contribution < -0.4 is 10.6 Å². The number of hydrogen-bond acceptors (Lipinski definition) is 4. The number of likely N-dealkylation sites (N-methyl/N-ethyl adjacent to an activating group) is 2. The maximum absolute atomic E-state index is 14.2. The highest BCUT2D eigenvalue weighted by Crippen LogP contribution is 2.31. The van der Waals surface area contributed by atoms with Gasteiger partial charge >= 0.3 is 0 Å². The Kier molecular flexibility index (Phi) is 3.85. The molecule has 0 spiro atoms. The molecule has 4 nitrogen and oxygen atoms in total. The van der Waals surface area contributed by atoms with E-state index in [0.717, 1.165) is 18.5 Å². The molecule has 102 valence electrons. The van der Waals surface area contributed by atoms with Crippen molar-refractivity contribution in [1.82, 2.24) is 9.88 Å². The number of benzene rings is 1. The Labute approximate surface area is 112 Å². The molecule has 1 aromatic carbocycles. The minimum Gasteiger partial charge on any atom is -0.398 e. The minimum atomic E-state index is -0.329. The van der Waals surface area contributed by atoms with Crippen molar-refractivity contribution in [2.45, 2.75) is 0 Å². The van der Waals surface area contributed by atoms with Crippen molar-refractivity contribution in [1.29, 1.82) is 0 Å². The van der Waals surface area contributed by atoms with Crippen LogP contribution in [0.25, 0.3) is 10.9 Å². The van der Waals surface area contributed by atoms with E-state index in [0.29, 0.717) is 16.9 Å². The summed E-state index contributed by atoms with van der Waals surface area (Å²) in [6, 6.07) is 5.03. The number of halogens is 1. The summed E-state index contributed by atoms with van der Waals surface area (Å²) in [4.78, 5) is 8.21. The molecule has 0 saturated carbocycles. The molecule has 0 fully saturated rings. The smallest absolute Gasteiger partial charge is 0.150 e. The summed E-state index contributed by atoms with van der Waals surface area (Å²) in [5, 5.41) is 0.788. The molecule has 0 aliphatic heterocycles. The van der Waals surface area contributed by atoms with Crippen molar-refractivity contribution in [3.8, 4) is 0 Å². The van der Waals surface area contributed by atoms with E-state index in [1.165, 1.54) is 6.07 Å². The van der Waals surface area contributed by atoms with E-state index in [4.69, 9.17) is 5.73 Å². The van der Waals surface area contributed by atoms with E-state index in [1.54, 1.807) is 12.3 Å². The van der Waals surface area contributed by atoms with Crippen LogP contribution in [0.15, 0.2) is 24.4 Å². The molecule has 0 aliphatic carbocycles. The third kappa shape index (κ3) is 2.76. The van der Waals surface area contributed by atoms with E-state index < -0.39 is 0 Å². The van der Waals surface area contributed by atoms with Crippen LogP contribution in [-0.2, 0) is 0 Å². The highest BCUT2D eigenvalue weighted by Gasteiger charge is 2.15. The van der Waals surface area contributed by atoms with Crippen LogP contribution in [0.2, 0.25) is 0 Å². The average molecular weight is 262 g/mol. The Morgan fingerprint density at radius 1 is 1.26 bits per heavy atom. The first-order chi connectivity index (χ1) is 9.00. The second-order valence-corrected chi connectivity index (χ2v) is 4.92. The molecular formula is C14H19FN4. The number of aromatic nitrogens is 1. The maximum atomic E-state index is 14.2. The van der Waals surface area contributed by atoms with Gasteiger partial charge in [-0.05, 0) is 32.3 Å². The van der Waals surface area contributed by atoms with Crippen LogP contribution in [0.3, 0.4) is 0 Å². The average Bonchev–Trinajstić information content (AvgIpc) is 2.36. The van der Waals surface area contributed by atoms with Crippen LogP contribution in [0, 0.1) is 5.82 Å². The third-order valence-electron chi connectivity index (χ3n) is 3.12. The molecule has 2 aromatic rings. The van der Waals surface area contributed by atoms with Gasteiger partial charge in [-0.1, -0.05) is 0 Å². The fourth-order valence-corrected chi connectivity index (χ4v) is 2.05. The third-order valence-corrected chi connectivity index (χ3v) is 3.12. The van der Waals surface area contributed by atoms with E-state index in [1.807, 2.05) is 32.1 Å². The number of fused-ring (bicyclic) bond motifs is 1. The number of rotatable bonds is 4. The quantitative estimate of drug-likeness (QED) is 0.856. The van der Waals surface area contributed by atoms with Crippen LogP contribution in [0.4, 0.5) is 15.8 Å². The Bertz CT molecular complexity index is 583. The molecule has 0 unspecified atom stereocenters. The maximum Gasteiger partial charge on any atom is 0.150 e. The first kappa shape index (κ1) is 13.5. The van der Waals surface area contributed by atoms with Gasteiger partial charge in [0.1, 0.15) is 0 Å². The number of hydrogen-bond donors (Lipinski definition) is 1. The normalized spacial score (nSPS) is 11.2. The molecule has 5 heteroatoms. The molecule has 0 aliphatic rings. The lowest BCUT2D eigenvalue weighted by molar-refractivity contribution is 0.416. The Morgan fingerprint density at radius 3 is 2.68 bits per heavy atom. The SMILES string of the molecule is CN(C)CCN(C)c1c(F)cc(N)c2cccnc12. The monoisotopic (exact) mass is 262 g/mol. The van der Waals surface area contributed by atoms with Gasteiger partial charge in [0, 0.05) is 37.4 Å². The van der Waals surface area contributed by atoms with Gasteiger partial charge in [-0.2, -0.15) is 0 Å². The molecule has 0 amide bonds. The summed E-state index contributed by atoms with van der Waals surface area (Å²) in [5.74, 6) is -0.329. The van der Waals surface area contributed by atoms with Crippen molar-refractivity contribution in [2.75, 3.05) is 44.9 Å². The summed E-state index contributed by atoms with van der Waals surface area (Å²) < 4.78 is 14.2.